The van der Waals surface area contributed by atoms with E-state index in [9.17, 15) is 0 Å². The first-order valence-corrected chi connectivity index (χ1v) is 6.64. The van der Waals surface area contributed by atoms with Crippen LogP contribution in [0.1, 0.15) is 11.4 Å². The summed E-state index contributed by atoms with van der Waals surface area (Å²) in [6.07, 6.45) is 0.474. The predicted octanol–water partition coefficient (Wildman–Crippen LogP) is 3.11. The van der Waals surface area contributed by atoms with Gasteiger partial charge in [0, 0.05) is 12.2 Å². The maximum atomic E-state index is 8.71. The fourth-order valence-corrected chi connectivity index (χ4v) is 2.47. The van der Waals surface area contributed by atoms with Gasteiger partial charge in [-0.15, -0.1) is 10.2 Å². The number of anilines is 1. The summed E-state index contributed by atoms with van der Waals surface area (Å²) in [5.74, 6) is 0. The zero-order valence-corrected chi connectivity index (χ0v) is 11.2. The van der Waals surface area contributed by atoms with Crippen LogP contribution in [-0.2, 0) is 6.54 Å². The van der Waals surface area contributed by atoms with Gasteiger partial charge in [0.2, 0.25) is 4.47 Å². The highest BCUT2D eigenvalue weighted by Crippen LogP contribution is 2.21. The number of nitrogens with zero attached hydrogens (tertiary/aromatic N) is 4. The van der Waals surface area contributed by atoms with E-state index in [1.165, 1.54) is 11.3 Å². The van der Waals surface area contributed by atoms with Crippen LogP contribution in [0.2, 0.25) is 4.47 Å². The molecule has 4 nitrogen and oxygen atoms in total. The molecule has 0 fully saturated rings. The Morgan fingerprint density at radius 2 is 2.06 bits per heavy atom. The van der Waals surface area contributed by atoms with Crippen LogP contribution in [0.25, 0.3) is 0 Å². The summed E-state index contributed by atoms with van der Waals surface area (Å²) in [5.41, 5.74) is 1.07. The Morgan fingerprint density at radius 3 is 2.67 bits per heavy atom. The third kappa shape index (κ3) is 3.42. The van der Waals surface area contributed by atoms with Crippen LogP contribution >= 0.6 is 22.9 Å². The van der Waals surface area contributed by atoms with Crippen molar-refractivity contribution in [3.05, 3.63) is 39.8 Å². The molecule has 0 saturated carbocycles. The van der Waals surface area contributed by atoms with Gasteiger partial charge in [0.1, 0.15) is 5.01 Å². The maximum absolute atomic E-state index is 8.71. The molecule has 2 aromatic rings. The van der Waals surface area contributed by atoms with Crippen LogP contribution in [0, 0.1) is 11.3 Å². The minimum atomic E-state index is 0.443. The molecule has 0 aliphatic rings. The zero-order valence-electron chi connectivity index (χ0n) is 9.58. The van der Waals surface area contributed by atoms with Gasteiger partial charge in [-0.3, -0.25) is 0 Å². The normalized spacial score (nSPS) is 10.0. The Balaban J connectivity index is 2.13. The van der Waals surface area contributed by atoms with E-state index in [0.717, 1.165) is 10.7 Å². The van der Waals surface area contributed by atoms with Crippen LogP contribution < -0.4 is 4.90 Å². The number of para-hydroxylation sites is 1. The molecule has 0 amide bonds. The highest BCUT2D eigenvalue weighted by molar-refractivity contribution is 7.15. The molecule has 92 valence electrons. The van der Waals surface area contributed by atoms with Crippen LogP contribution in [0.4, 0.5) is 5.69 Å². The fourth-order valence-electron chi connectivity index (χ4n) is 1.58. The van der Waals surface area contributed by atoms with Gasteiger partial charge in [0.05, 0.1) is 19.0 Å². The third-order valence-electron chi connectivity index (χ3n) is 2.38. The number of hydrogen-bond acceptors (Lipinski definition) is 5. The summed E-state index contributed by atoms with van der Waals surface area (Å²) in [7, 11) is 0. The van der Waals surface area contributed by atoms with Gasteiger partial charge in [-0.2, -0.15) is 5.26 Å². The van der Waals surface area contributed by atoms with E-state index < -0.39 is 0 Å². The van der Waals surface area contributed by atoms with Crippen molar-refractivity contribution in [1.29, 1.82) is 5.26 Å². The van der Waals surface area contributed by atoms with E-state index in [1.54, 1.807) is 0 Å². The number of hydrogen-bond donors (Lipinski definition) is 0. The van der Waals surface area contributed by atoms with Crippen molar-refractivity contribution in [1.82, 2.24) is 10.2 Å². The molecule has 6 heteroatoms. The average Bonchev–Trinajstić information content (AvgIpc) is 2.81. The monoisotopic (exact) mass is 278 g/mol. The Labute approximate surface area is 114 Å². The molecule has 0 saturated heterocycles. The zero-order chi connectivity index (χ0) is 12.8. The molecular weight excluding hydrogens is 268 g/mol. The standard InChI is InChI=1S/C12H11ClN4S/c13-12-16-15-11(18-12)9-17(8-4-7-14)10-5-2-1-3-6-10/h1-3,5-6H,4,8-9H2. The molecule has 0 aliphatic carbocycles. The number of halogens is 1. The van der Waals surface area contributed by atoms with Gasteiger partial charge in [0.25, 0.3) is 0 Å². The van der Waals surface area contributed by atoms with E-state index in [-0.39, 0.29) is 0 Å². The van der Waals surface area contributed by atoms with Crippen molar-refractivity contribution in [3.63, 3.8) is 0 Å². The molecule has 0 unspecified atom stereocenters. The second kappa shape index (κ2) is 6.34. The molecule has 0 radical (unpaired) electrons. The van der Waals surface area contributed by atoms with Gasteiger partial charge >= 0.3 is 0 Å². The largest absolute Gasteiger partial charge is 0.364 e. The predicted molar refractivity (Wildman–Crippen MR) is 72.6 cm³/mol. The van der Waals surface area contributed by atoms with E-state index in [2.05, 4.69) is 21.2 Å². The maximum Gasteiger partial charge on any atom is 0.207 e. The lowest BCUT2D eigenvalue weighted by atomic mass is 10.2. The van der Waals surface area contributed by atoms with Gasteiger partial charge in [-0.25, -0.2) is 0 Å². The first-order chi connectivity index (χ1) is 8.79. The van der Waals surface area contributed by atoms with Gasteiger partial charge in [-0.1, -0.05) is 29.5 Å². The first kappa shape index (κ1) is 12.8. The van der Waals surface area contributed by atoms with Crippen molar-refractivity contribution >= 4 is 28.6 Å². The Bertz CT molecular complexity index is 535. The topological polar surface area (TPSA) is 52.8 Å². The van der Waals surface area contributed by atoms with Gasteiger partial charge in [-0.05, 0) is 23.7 Å². The smallest absolute Gasteiger partial charge is 0.207 e. The quantitative estimate of drug-likeness (QED) is 0.843. The molecule has 1 heterocycles. The van der Waals surface area contributed by atoms with Gasteiger partial charge in [0.15, 0.2) is 0 Å². The minimum Gasteiger partial charge on any atom is -0.364 e. The molecule has 0 bridgehead atoms. The van der Waals surface area contributed by atoms with Crippen molar-refractivity contribution in [2.75, 3.05) is 11.4 Å². The summed E-state index contributed by atoms with van der Waals surface area (Å²) >= 11 is 7.13. The second-order valence-electron chi connectivity index (χ2n) is 3.61. The SMILES string of the molecule is N#CCCN(Cc1nnc(Cl)s1)c1ccccc1. The number of nitriles is 1. The lowest BCUT2D eigenvalue weighted by Gasteiger charge is -2.22. The average molecular weight is 279 g/mol. The lowest BCUT2D eigenvalue weighted by molar-refractivity contribution is 0.783. The molecule has 18 heavy (non-hydrogen) atoms. The lowest BCUT2D eigenvalue weighted by Crippen LogP contribution is -2.23. The van der Waals surface area contributed by atoms with Crippen LogP contribution in [-0.4, -0.2) is 16.7 Å². The highest BCUT2D eigenvalue weighted by atomic mass is 35.5. The van der Waals surface area contributed by atoms with Crippen molar-refractivity contribution in [3.8, 4) is 6.07 Å². The van der Waals surface area contributed by atoms with Crippen LogP contribution in [0.3, 0.4) is 0 Å². The number of benzene rings is 1. The van der Waals surface area contributed by atoms with Crippen LogP contribution in [0.5, 0.6) is 0 Å². The Morgan fingerprint density at radius 1 is 1.28 bits per heavy atom. The molecule has 0 spiro atoms. The summed E-state index contributed by atoms with van der Waals surface area (Å²) < 4.78 is 0.443. The molecular formula is C12H11ClN4S. The third-order valence-corrected chi connectivity index (χ3v) is 3.39. The molecule has 0 N–H and O–H groups in total. The molecule has 0 atom stereocenters. The Kier molecular flexibility index (Phi) is 4.51. The Hall–Kier alpha value is -1.64. The van der Waals surface area contributed by atoms with Crippen LogP contribution in [0.15, 0.2) is 30.3 Å². The number of aromatic nitrogens is 2. The van der Waals surface area contributed by atoms with E-state index >= 15 is 0 Å². The number of rotatable bonds is 5. The highest BCUT2D eigenvalue weighted by Gasteiger charge is 2.10. The first-order valence-electron chi connectivity index (χ1n) is 5.44. The van der Waals surface area contributed by atoms with Crippen molar-refractivity contribution in [2.45, 2.75) is 13.0 Å². The molecule has 2 rings (SSSR count). The minimum absolute atomic E-state index is 0.443. The van der Waals surface area contributed by atoms with Crippen molar-refractivity contribution in [2.24, 2.45) is 0 Å². The van der Waals surface area contributed by atoms with Gasteiger partial charge < -0.3 is 4.90 Å². The van der Waals surface area contributed by atoms with E-state index in [0.29, 0.717) is 24.0 Å². The summed E-state index contributed by atoms with van der Waals surface area (Å²) in [6, 6.07) is 12.1. The van der Waals surface area contributed by atoms with E-state index in [4.69, 9.17) is 16.9 Å². The summed E-state index contributed by atoms with van der Waals surface area (Å²) in [5, 5.41) is 17.3. The fraction of sp³-hybridized carbons (Fsp3) is 0.250. The molecule has 1 aromatic carbocycles. The molecule has 0 aliphatic heterocycles. The summed E-state index contributed by atoms with van der Waals surface area (Å²) in [4.78, 5) is 2.10. The molecule has 1 aromatic heterocycles. The summed E-state index contributed by atoms with van der Waals surface area (Å²) in [6.45, 7) is 1.29. The van der Waals surface area contributed by atoms with Crippen molar-refractivity contribution < 1.29 is 0 Å². The van der Waals surface area contributed by atoms with E-state index in [1.807, 2.05) is 30.3 Å². The second-order valence-corrected chi connectivity index (χ2v) is 5.26.